The number of carbonyl (C=O) groups is 1. The van der Waals surface area contributed by atoms with Crippen LogP contribution in [-0.4, -0.2) is 27.1 Å². The van der Waals surface area contributed by atoms with E-state index in [1.807, 2.05) is 0 Å². The maximum Gasteiger partial charge on any atom is 0.347 e. The largest absolute Gasteiger partial charge is 0.478 e. The molecule has 0 aromatic heterocycles. The third-order valence-corrected chi connectivity index (χ3v) is 4.43. The van der Waals surface area contributed by atoms with E-state index in [9.17, 15) is 13.2 Å². The van der Waals surface area contributed by atoms with Crippen molar-refractivity contribution in [3.63, 3.8) is 0 Å². The topological polar surface area (TPSA) is 95.7 Å². The van der Waals surface area contributed by atoms with Gasteiger partial charge in [0, 0.05) is 12.0 Å². The number of hydrogen-bond donors (Lipinski definition) is 1. The van der Waals surface area contributed by atoms with Crippen molar-refractivity contribution in [1.82, 2.24) is 0 Å². The summed E-state index contributed by atoms with van der Waals surface area (Å²) < 4.78 is 33.6. The number of fused-ring (bicyclic) bond motifs is 1. The van der Waals surface area contributed by atoms with Crippen LogP contribution in [0.25, 0.3) is 0 Å². The Kier molecular flexibility index (Phi) is 3.75. The molecule has 0 spiro atoms. The van der Waals surface area contributed by atoms with Crippen LogP contribution in [0.2, 0.25) is 0 Å². The van der Waals surface area contributed by atoms with E-state index in [1.54, 1.807) is 20.8 Å². The van der Waals surface area contributed by atoms with Crippen molar-refractivity contribution in [2.75, 3.05) is 6.61 Å². The molecule has 0 radical (unpaired) electrons. The third kappa shape index (κ3) is 2.51. The number of carbonyl (C=O) groups excluding carboxylic acids is 1. The second-order valence-electron chi connectivity index (χ2n) is 4.72. The molecule has 0 aliphatic carbocycles. The molecule has 20 heavy (non-hydrogen) atoms. The van der Waals surface area contributed by atoms with Gasteiger partial charge in [0.05, 0.1) is 11.5 Å². The van der Waals surface area contributed by atoms with Crippen molar-refractivity contribution in [3.8, 4) is 5.75 Å². The van der Waals surface area contributed by atoms with Crippen molar-refractivity contribution < 1.29 is 22.7 Å². The molecule has 1 heterocycles. The van der Waals surface area contributed by atoms with E-state index in [1.165, 1.54) is 6.07 Å². The zero-order valence-corrected chi connectivity index (χ0v) is 12.4. The molecule has 110 valence electrons. The normalized spacial score (nSPS) is 17.5. The Bertz CT molecular complexity index is 666. The zero-order chi connectivity index (χ0) is 15.1. The summed E-state index contributed by atoms with van der Waals surface area (Å²) in [5.41, 5.74) is 1.88. The van der Waals surface area contributed by atoms with Gasteiger partial charge in [-0.05, 0) is 38.0 Å². The van der Waals surface area contributed by atoms with Crippen LogP contribution >= 0.6 is 0 Å². The Morgan fingerprint density at radius 1 is 1.45 bits per heavy atom. The van der Waals surface area contributed by atoms with E-state index >= 15 is 0 Å². The lowest BCUT2D eigenvalue weighted by Crippen LogP contribution is -2.27. The van der Waals surface area contributed by atoms with Crippen LogP contribution in [0.3, 0.4) is 0 Å². The summed E-state index contributed by atoms with van der Waals surface area (Å²) in [6.45, 7) is 5.40. The van der Waals surface area contributed by atoms with Crippen LogP contribution in [0.5, 0.6) is 5.75 Å². The Morgan fingerprint density at radius 3 is 2.65 bits per heavy atom. The van der Waals surface area contributed by atoms with Crippen molar-refractivity contribution in [2.24, 2.45) is 5.14 Å². The molecule has 1 aliphatic heterocycles. The van der Waals surface area contributed by atoms with E-state index in [-0.39, 0.29) is 17.9 Å². The highest BCUT2D eigenvalue weighted by atomic mass is 32.2. The molecular weight excluding hydrogens is 282 g/mol. The van der Waals surface area contributed by atoms with Crippen molar-refractivity contribution in [3.05, 3.63) is 22.8 Å². The maximum absolute atomic E-state index is 11.7. The fourth-order valence-electron chi connectivity index (χ4n) is 2.29. The number of benzene rings is 1. The number of rotatable bonds is 3. The Labute approximate surface area is 117 Å². The van der Waals surface area contributed by atoms with Crippen LogP contribution in [0.15, 0.2) is 11.0 Å². The number of esters is 1. The van der Waals surface area contributed by atoms with Gasteiger partial charge in [-0.3, -0.25) is 0 Å². The Balaban J connectivity index is 2.43. The van der Waals surface area contributed by atoms with Gasteiger partial charge in [-0.2, -0.15) is 0 Å². The smallest absolute Gasteiger partial charge is 0.347 e. The van der Waals surface area contributed by atoms with E-state index in [0.717, 1.165) is 0 Å². The number of nitrogens with two attached hydrogens (primary N) is 1. The molecule has 7 heteroatoms. The minimum Gasteiger partial charge on any atom is -0.478 e. The molecule has 1 aromatic rings. The highest BCUT2D eigenvalue weighted by Crippen LogP contribution is 2.37. The van der Waals surface area contributed by atoms with Crippen molar-refractivity contribution in [2.45, 2.75) is 38.2 Å². The van der Waals surface area contributed by atoms with Gasteiger partial charge in [0.15, 0.2) is 6.10 Å². The van der Waals surface area contributed by atoms with Gasteiger partial charge in [-0.15, -0.1) is 0 Å². The van der Waals surface area contributed by atoms with Gasteiger partial charge in [0.25, 0.3) is 0 Å². The summed E-state index contributed by atoms with van der Waals surface area (Å²) in [4.78, 5) is 11.8. The molecule has 2 N–H and O–H groups in total. The molecule has 0 amide bonds. The van der Waals surface area contributed by atoms with Crippen molar-refractivity contribution in [1.29, 1.82) is 0 Å². The molecule has 2 rings (SSSR count). The molecule has 0 bridgehead atoms. The summed E-state index contributed by atoms with van der Waals surface area (Å²) in [7, 11) is -3.80. The fourth-order valence-corrected chi connectivity index (χ4v) is 3.18. The summed E-state index contributed by atoms with van der Waals surface area (Å²) in [6, 6.07) is 1.48. The van der Waals surface area contributed by atoms with Crippen LogP contribution in [-0.2, 0) is 26.0 Å². The first-order chi connectivity index (χ1) is 9.25. The SMILES string of the molecule is CCOC(=O)C1Cc2cc(S(N)(=O)=O)c(C)c(C)c2O1. The molecular formula is C13H17NO5S. The first kappa shape index (κ1) is 14.8. The quantitative estimate of drug-likeness (QED) is 0.834. The average Bonchev–Trinajstić information content (AvgIpc) is 2.77. The first-order valence-corrected chi connectivity index (χ1v) is 7.79. The molecule has 0 saturated heterocycles. The maximum atomic E-state index is 11.7. The molecule has 1 aromatic carbocycles. The minimum absolute atomic E-state index is 0.0712. The van der Waals surface area contributed by atoms with E-state index < -0.39 is 22.1 Å². The van der Waals surface area contributed by atoms with E-state index in [4.69, 9.17) is 14.6 Å². The number of hydrogen-bond acceptors (Lipinski definition) is 5. The van der Waals surface area contributed by atoms with E-state index in [2.05, 4.69) is 0 Å². The predicted molar refractivity (Wildman–Crippen MR) is 72.0 cm³/mol. The number of primary sulfonamides is 1. The summed E-state index contributed by atoms with van der Waals surface area (Å²) >= 11 is 0. The average molecular weight is 299 g/mol. The second kappa shape index (κ2) is 5.06. The molecule has 1 unspecified atom stereocenters. The van der Waals surface area contributed by atoms with Gasteiger partial charge < -0.3 is 9.47 Å². The van der Waals surface area contributed by atoms with Gasteiger partial charge in [-0.1, -0.05) is 0 Å². The summed E-state index contributed by atoms with van der Waals surface area (Å²) in [6.07, 6.45) is -0.434. The Hall–Kier alpha value is -1.60. The highest BCUT2D eigenvalue weighted by Gasteiger charge is 2.33. The number of ether oxygens (including phenoxy) is 2. The molecule has 6 nitrogen and oxygen atoms in total. The van der Waals surface area contributed by atoms with Crippen molar-refractivity contribution >= 4 is 16.0 Å². The Morgan fingerprint density at radius 2 is 2.10 bits per heavy atom. The molecule has 0 fully saturated rings. The van der Waals surface area contributed by atoms with Crippen LogP contribution in [0, 0.1) is 13.8 Å². The lowest BCUT2D eigenvalue weighted by molar-refractivity contribution is -0.150. The third-order valence-electron chi connectivity index (χ3n) is 3.39. The lowest BCUT2D eigenvalue weighted by Gasteiger charge is -2.12. The molecule has 0 saturated carbocycles. The van der Waals surface area contributed by atoms with Gasteiger partial charge in [0.1, 0.15) is 5.75 Å². The van der Waals surface area contributed by atoms with Gasteiger partial charge >= 0.3 is 5.97 Å². The monoisotopic (exact) mass is 299 g/mol. The highest BCUT2D eigenvalue weighted by molar-refractivity contribution is 7.89. The number of sulfonamides is 1. The standard InChI is InChI=1S/C13H17NO5S/c1-4-18-13(15)10-5-9-6-11(20(14,16)17)7(2)8(3)12(9)19-10/h6,10H,4-5H2,1-3H3,(H2,14,16,17). The first-order valence-electron chi connectivity index (χ1n) is 6.24. The van der Waals surface area contributed by atoms with Gasteiger partial charge in [-0.25, -0.2) is 18.4 Å². The fraction of sp³-hybridized carbons (Fsp3) is 0.462. The van der Waals surface area contributed by atoms with Gasteiger partial charge in [0.2, 0.25) is 10.0 Å². The second-order valence-corrected chi connectivity index (χ2v) is 6.25. The van der Waals surface area contributed by atoms with Crippen LogP contribution in [0.4, 0.5) is 0 Å². The van der Waals surface area contributed by atoms with Crippen LogP contribution in [0.1, 0.15) is 23.6 Å². The summed E-state index contributed by atoms with van der Waals surface area (Å²) in [5, 5.41) is 5.20. The lowest BCUT2D eigenvalue weighted by atomic mass is 10.0. The zero-order valence-electron chi connectivity index (χ0n) is 11.6. The minimum atomic E-state index is -3.80. The molecule has 1 aliphatic rings. The molecule has 1 atom stereocenters. The van der Waals surface area contributed by atoms with E-state index in [0.29, 0.717) is 22.4 Å². The van der Waals surface area contributed by atoms with Crippen LogP contribution < -0.4 is 9.88 Å². The summed E-state index contributed by atoms with van der Waals surface area (Å²) in [5.74, 6) is 0.103. The predicted octanol–water partition coefficient (Wildman–Crippen LogP) is 0.817.